The van der Waals surface area contributed by atoms with Gasteiger partial charge in [0, 0.05) is 28.1 Å². The van der Waals surface area contributed by atoms with Crippen molar-refractivity contribution in [3.63, 3.8) is 0 Å². The zero-order valence-corrected chi connectivity index (χ0v) is 12.9. The van der Waals surface area contributed by atoms with E-state index < -0.39 is 0 Å². The van der Waals surface area contributed by atoms with E-state index in [0.717, 1.165) is 45.2 Å². The largest absolute Gasteiger partial charge is 0.316 e. The quantitative estimate of drug-likeness (QED) is 0.862. The summed E-state index contributed by atoms with van der Waals surface area (Å²) < 4.78 is 0. The summed E-state index contributed by atoms with van der Waals surface area (Å²) in [4.78, 5) is 15.4. The van der Waals surface area contributed by atoms with Crippen LogP contribution in [0.1, 0.15) is 49.3 Å². The first kappa shape index (κ1) is 14.7. The average molecular weight is 279 g/mol. The fraction of sp³-hybridized carbons (Fsp3) is 0.688. The second kappa shape index (κ2) is 6.67. The molecule has 1 aliphatic rings. The number of aryl methyl sites for hydroxylation is 1. The Labute approximate surface area is 120 Å². The maximum Gasteiger partial charge on any atom is 0.145 e. The molecular formula is C16H25NOS. The van der Waals surface area contributed by atoms with Crippen LogP contribution < -0.4 is 5.32 Å². The highest BCUT2D eigenvalue weighted by molar-refractivity contribution is 7.12. The second-order valence-electron chi connectivity index (χ2n) is 5.63. The van der Waals surface area contributed by atoms with Gasteiger partial charge in [0.25, 0.3) is 0 Å². The molecule has 1 atom stereocenters. The van der Waals surface area contributed by atoms with Crippen LogP contribution in [0.5, 0.6) is 0 Å². The Morgan fingerprint density at radius 2 is 2.16 bits per heavy atom. The molecule has 2 nitrogen and oxygen atoms in total. The zero-order valence-electron chi connectivity index (χ0n) is 12.1. The van der Waals surface area contributed by atoms with E-state index >= 15 is 0 Å². The molecule has 1 unspecified atom stereocenters. The van der Waals surface area contributed by atoms with Crippen molar-refractivity contribution < 1.29 is 4.79 Å². The molecule has 1 saturated heterocycles. The lowest BCUT2D eigenvalue weighted by molar-refractivity contribution is -0.129. The van der Waals surface area contributed by atoms with Crippen molar-refractivity contribution in [2.24, 2.45) is 5.41 Å². The van der Waals surface area contributed by atoms with Gasteiger partial charge in [0.05, 0.1) is 0 Å². The smallest absolute Gasteiger partial charge is 0.145 e. The summed E-state index contributed by atoms with van der Waals surface area (Å²) >= 11 is 1.80. The van der Waals surface area contributed by atoms with Crippen molar-refractivity contribution in [1.29, 1.82) is 0 Å². The summed E-state index contributed by atoms with van der Waals surface area (Å²) in [7, 11) is 0. The standard InChI is InChI=1S/C16H25NOS/c1-3-8-16(9-5-10-17-12-16)15(18)11-14-7-6-13(4-2)19-14/h6-7,17H,3-5,8-12H2,1-2H3. The molecule has 106 valence electrons. The van der Waals surface area contributed by atoms with Gasteiger partial charge in [0.15, 0.2) is 0 Å². The predicted octanol–water partition coefficient (Wildman–Crippen LogP) is 3.59. The number of thiophene rings is 1. The molecule has 3 heteroatoms. The van der Waals surface area contributed by atoms with Crippen molar-refractivity contribution in [2.75, 3.05) is 13.1 Å². The Morgan fingerprint density at radius 1 is 1.37 bits per heavy atom. The lowest BCUT2D eigenvalue weighted by Gasteiger charge is -2.36. The van der Waals surface area contributed by atoms with Gasteiger partial charge < -0.3 is 5.32 Å². The van der Waals surface area contributed by atoms with Gasteiger partial charge >= 0.3 is 0 Å². The average Bonchev–Trinajstić information content (AvgIpc) is 2.88. The Hall–Kier alpha value is -0.670. The van der Waals surface area contributed by atoms with Gasteiger partial charge in [-0.3, -0.25) is 4.79 Å². The van der Waals surface area contributed by atoms with Crippen LogP contribution in [0.3, 0.4) is 0 Å². The minimum Gasteiger partial charge on any atom is -0.316 e. The first-order valence-corrected chi connectivity index (χ1v) is 8.33. The molecule has 1 N–H and O–H groups in total. The summed E-state index contributed by atoms with van der Waals surface area (Å²) in [6.45, 7) is 6.30. The van der Waals surface area contributed by atoms with Gasteiger partial charge in [-0.2, -0.15) is 0 Å². The number of ketones is 1. The molecule has 1 aromatic heterocycles. The number of carbonyl (C=O) groups excluding carboxylic acids is 1. The summed E-state index contributed by atoms with van der Waals surface area (Å²) in [5.74, 6) is 0.450. The highest BCUT2D eigenvalue weighted by atomic mass is 32.1. The number of nitrogens with one attached hydrogen (secondary N) is 1. The van der Waals surface area contributed by atoms with E-state index in [1.807, 2.05) is 0 Å². The van der Waals surface area contributed by atoms with Crippen LogP contribution in [0.4, 0.5) is 0 Å². The molecule has 0 radical (unpaired) electrons. The maximum atomic E-state index is 12.7. The van der Waals surface area contributed by atoms with E-state index in [1.165, 1.54) is 9.75 Å². The SMILES string of the molecule is CCCC1(C(=O)Cc2ccc(CC)s2)CCCNC1. The third-order valence-electron chi connectivity index (χ3n) is 4.19. The summed E-state index contributed by atoms with van der Waals surface area (Å²) in [6, 6.07) is 4.30. The molecule has 0 bridgehead atoms. The molecule has 19 heavy (non-hydrogen) atoms. The van der Waals surface area contributed by atoms with E-state index in [1.54, 1.807) is 11.3 Å². The molecule has 0 amide bonds. The summed E-state index contributed by atoms with van der Waals surface area (Å²) in [6.07, 6.45) is 6.03. The topological polar surface area (TPSA) is 29.1 Å². The molecule has 2 rings (SSSR count). The fourth-order valence-corrected chi connectivity index (χ4v) is 4.05. The van der Waals surface area contributed by atoms with Crippen molar-refractivity contribution >= 4 is 17.1 Å². The summed E-state index contributed by atoms with van der Waals surface area (Å²) in [5, 5.41) is 3.43. The highest BCUT2D eigenvalue weighted by Gasteiger charge is 2.38. The lowest BCUT2D eigenvalue weighted by Crippen LogP contribution is -2.46. The normalized spacial score (nSPS) is 23.5. The minimum atomic E-state index is -0.0939. The van der Waals surface area contributed by atoms with Crippen LogP contribution in [0.15, 0.2) is 12.1 Å². The number of rotatable bonds is 6. The Morgan fingerprint density at radius 3 is 2.74 bits per heavy atom. The number of hydrogen-bond acceptors (Lipinski definition) is 3. The van der Waals surface area contributed by atoms with Crippen LogP contribution in [0.2, 0.25) is 0 Å². The Bertz CT molecular complexity index is 413. The van der Waals surface area contributed by atoms with Crippen LogP contribution in [0, 0.1) is 5.41 Å². The minimum absolute atomic E-state index is 0.0939. The van der Waals surface area contributed by atoms with Gasteiger partial charge in [-0.15, -0.1) is 11.3 Å². The maximum absolute atomic E-state index is 12.7. The number of Topliss-reactive ketones (excluding diaryl/α,β-unsaturated/α-hetero) is 1. The second-order valence-corrected chi connectivity index (χ2v) is 6.89. The first-order chi connectivity index (χ1) is 9.20. The van der Waals surface area contributed by atoms with E-state index in [2.05, 4.69) is 31.3 Å². The van der Waals surface area contributed by atoms with E-state index in [0.29, 0.717) is 12.2 Å². The molecular weight excluding hydrogens is 254 g/mol. The molecule has 2 heterocycles. The highest BCUT2D eigenvalue weighted by Crippen LogP contribution is 2.34. The molecule has 1 fully saturated rings. The van der Waals surface area contributed by atoms with Gasteiger partial charge in [-0.25, -0.2) is 0 Å². The van der Waals surface area contributed by atoms with Crippen LogP contribution >= 0.6 is 11.3 Å². The number of piperidine rings is 1. The van der Waals surface area contributed by atoms with E-state index in [4.69, 9.17) is 0 Å². The molecule has 0 saturated carbocycles. The Balaban J connectivity index is 2.06. The predicted molar refractivity (Wildman–Crippen MR) is 81.9 cm³/mol. The summed E-state index contributed by atoms with van der Waals surface area (Å²) in [5.41, 5.74) is -0.0939. The van der Waals surface area contributed by atoms with Crippen LogP contribution in [-0.2, 0) is 17.6 Å². The number of hydrogen-bond donors (Lipinski definition) is 1. The molecule has 0 aliphatic carbocycles. The molecule has 1 aliphatic heterocycles. The van der Waals surface area contributed by atoms with Gasteiger partial charge in [-0.05, 0) is 44.4 Å². The van der Waals surface area contributed by atoms with Gasteiger partial charge in [-0.1, -0.05) is 20.3 Å². The first-order valence-electron chi connectivity index (χ1n) is 7.52. The third kappa shape index (κ3) is 3.46. The van der Waals surface area contributed by atoms with Gasteiger partial charge in [0.1, 0.15) is 5.78 Å². The van der Waals surface area contributed by atoms with Crippen LogP contribution in [-0.4, -0.2) is 18.9 Å². The van der Waals surface area contributed by atoms with Crippen molar-refractivity contribution in [2.45, 2.75) is 52.4 Å². The van der Waals surface area contributed by atoms with Gasteiger partial charge in [0.2, 0.25) is 0 Å². The van der Waals surface area contributed by atoms with Crippen molar-refractivity contribution in [3.8, 4) is 0 Å². The monoisotopic (exact) mass is 279 g/mol. The molecule has 0 aromatic carbocycles. The van der Waals surface area contributed by atoms with Crippen molar-refractivity contribution in [1.82, 2.24) is 5.32 Å². The van der Waals surface area contributed by atoms with Crippen LogP contribution in [0.25, 0.3) is 0 Å². The van der Waals surface area contributed by atoms with E-state index in [-0.39, 0.29) is 5.41 Å². The number of carbonyl (C=O) groups is 1. The molecule has 1 aromatic rings. The van der Waals surface area contributed by atoms with E-state index in [9.17, 15) is 4.79 Å². The molecule has 0 spiro atoms. The Kier molecular flexibility index (Phi) is 5.17. The fourth-order valence-electron chi connectivity index (χ4n) is 3.09. The third-order valence-corrected chi connectivity index (χ3v) is 5.42. The lowest BCUT2D eigenvalue weighted by atomic mass is 9.72. The zero-order chi connectivity index (χ0) is 13.7. The van der Waals surface area contributed by atoms with Crippen molar-refractivity contribution in [3.05, 3.63) is 21.9 Å².